The third-order valence-electron chi connectivity index (χ3n) is 1.86. The molecule has 0 aliphatic carbocycles. The molecule has 0 radical (unpaired) electrons. The van der Waals surface area contributed by atoms with Gasteiger partial charge < -0.3 is 5.11 Å². The van der Waals surface area contributed by atoms with Crippen LogP contribution in [0.5, 0.6) is 0 Å². The zero-order valence-electron chi connectivity index (χ0n) is 7.41. The molecule has 2 heterocycles. The molecule has 2 rings (SSSR count). The molecule has 6 nitrogen and oxygen atoms in total. The smallest absolute Gasteiger partial charge is 0.357 e. The van der Waals surface area contributed by atoms with E-state index in [9.17, 15) is 9.59 Å². The predicted molar refractivity (Wildman–Crippen MR) is 48.7 cm³/mol. The van der Waals surface area contributed by atoms with Crippen LogP contribution in [0.1, 0.15) is 5.56 Å². The molecule has 1 aliphatic rings. The van der Waals surface area contributed by atoms with Crippen molar-refractivity contribution in [1.82, 2.24) is 4.98 Å². The summed E-state index contributed by atoms with van der Waals surface area (Å²) in [6.07, 6.45) is 2.93. The maximum Gasteiger partial charge on any atom is 0.357 e. The highest BCUT2D eigenvalue weighted by atomic mass is 16.4. The van der Waals surface area contributed by atoms with Gasteiger partial charge in [-0.2, -0.15) is 0 Å². The van der Waals surface area contributed by atoms with Crippen molar-refractivity contribution in [2.75, 3.05) is 0 Å². The standard InChI is InChI=1S/C9H5N3O3/c13-8-6(5-1-3-10-4-2-5)7(9(14)15)11-12-8/h1-4H,(H,14,15). The van der Waals surface area contributed by atoms with E-state index in [4.69, 9.17) is 5.11 Å². The van der Waals surface area contributed by atoms with Gasteiger partial charge in [-0.1, -0.05) is 0 Å². The Hall–Kier alpha value is -2.37. The van der Waals surface area contributed by atoms with Gasteiger partial charge >= 0.3 is 5.97 Å². The second kappa shape index (κ2) is 3.41. The molecule has 0 bridgehead atoms. The Labute approximate surface area is 84.0 Å². The second-order valence-corrected chi connectivity index (χ2v) is 2.77. The molecule has 0 atom stereocenters. The Morgan fingerprint density at radius 2 is 1.87 bits per heavy atom. The van der Waals surface area contributed by atoms with E-state index in [1.807, 2.05) is 0 Å². The predicted octanol–water partition coefficient (Wildman–Crippen LogP) is 0.870. The minimum atomic E-state index is -1.27. The lowest BCUT2D eigenvalue weighted by atomic mass is 10.1. The van der Waals surface area contributed by atoms with E-state index < -0.39 is 11.9 Å². The fraction of sp³-hybridized carbons (Fsp3) is 0. The van der Waals surface area contributed by atoms with Crippen LogP contribution in [-0.4, -0.2) is 22.0 Å². The topological polar surface area (TPSA) is 92.0 Å². The normalized spacial score (nSPS) is 14.8. The Bertz CT molecular complexity index is 491. The molecule has 1 aromatic rings. The Morgan fingerprint density at radius 3 is 2.47 bits per heavy atom. The minimum absolute atomic E-state index is 0.00454. The van der Waals surface area contributed by atoms with Gasteiger partial charge in [0.05, 0.1) is 5.57 Å². The summed E-state index contributed by atoms with van der Waals surface area (Å²) in [7, 11) is 0. The molecule has 0 fully saturated rings. The summed E-state index contributed by atoms with van der Waals surface area (Å²) in [5, 5.41) is 15.3. The summed E-state index contributed by atoms with van der Waals surface area (Å²) < 4.78 is 0. The van der Waals surface area contributed by atoms with E-state index in [-0.39, 0.29) is 11.3 Å². The van der Waals surface area contributed by atoms with Crippen LogP contribution in [0.2, 0.25) is 0 Å². The van der Waals surface area contributed by atoms with Gasteiger partial charge in [-0.25, -0.2) is 4.79 Å². The summed E-state index contributed by atoms with van der Waals surface area (Å²) in [5.41, 5.74) is 0.133. The van der Waals surface area contributed by atoms with Gasteiger partial charge in [-0.15, -0.1) is 10.2 Å². The summed E-state index contributed by atoms with van der Waals surface area (Å²) in [4.78, 5) is 25.8. The first-order valence-corrected chi connectivity index (χ1v) is 4.04. The van der Waals surface area contributed by atoms with Gasteiger partial charge in [0, 0.05) is 12.4 Å². The molecule has 0 saturated carbocycles. The fourth-order valence-electron chi connectivity index (χ4n) is 1.23. The maximum absolute atomic E-state index is 11.3. The molecule has 6 heteroatoms. The molecule has 0 saturated heterocycles. The van der Waals surface area contributed by atoms with Gasteiger partial charge in [0.25, 0.3) is 5.91 Å². The van der Waals surface area contributed by atoms with Crippen LogP contribution in [0.15, 0.2) is 40.5 Å². The number of azo groups is 1. The fourth-order valence-corrected chi connectivity index (χ4v) is 1.23. The number of pyridine rings is 1. The summed E-state index contributed by atoms with van der Waals surface area (Å²) in [5.74, 6) is -1.91. The largest absolute Gasteiger partial charge is 0.476 e. The lowest BCUT2D eigenvalue weighted by Gasteiger charge is -1.98. The first-order chi connectivity index (χ1) is 7.20. The number of aromatic nitrogens is 1. The van der Waals surface area contributed by atoms with E-state index in [0.29, 0.717) is 5.56 Å². The average Bonchev–Trinajstić information content (AvgIpc) is 2.61. The lowest BCUT2D eigenvalue weighted by molar-refractivity contribution is -0.132. The third kappa shape index (κ3) is 1.52. The van der Waals surface area contributed by atoms with Gasteiger partial charge in [0.1, 0.15) is 0 Å². The number of carboxylic acids is 1. The van der Waals surface area contributed by atoms with Crippen LogP contribution in [0.4, 0.5) is 0 Å². The number of aliphatic carboxylic acids is 1. The number of carboxylic acid groups (broad SMARTS) is 1. The first-order valence-electron chi connectivity index (χ1n) is 4.04. The number of hydrogen-bond donors (Lipinski definition) is 1. The quantitative estimate of drug-likeness (QED) is 0.771. The van der Waals surface area contributed by atoms with Crippen molar-refractivity contribution in [2.24, 2.45) is 10.2 Å². The molecule has 74 valence electrons. The molecule has 1 amide bonds. The van der Waals surface area contributed by atoms with Gasteiger partial charge in [0.15, 0.2) is 5.70 Å². The number of carbonyl (C=O) groups excluding carboxylic acids is 1. The van der Waals surface area contributed by atoms with Crippen molar-refractivity contribution in [1.29, 1.82) is 0 Å². The molecular weight excluding hydrogens is 198 g/mol. The third-order valence-corrected chi connectivity index (χ3v) is 1.86. The SMILES string of the molecule is O=C(O)C1=C(c2ccncc2)C(=O)N=N1. The molecule has 0 unspecified atom stereocenters. The Morgan fingerprint density at radius 1 is 1.20 bits per heavy atom. The van der Waals surface area contributed by atoms with Crippen LogP contribution in [0.3, 0.4) is 0 Å². The van der Waals surface area contributed by atoms with Crippen molar-refractivity contribution in [3.8, 4) is 0 Å². The second-order valence-electron chi connectivity index (χ2n) is 2.77. The summed E-state index contributed by atoms with van der Waals surface area (Å²) in [6, 6.07) is 3.07. The molecule has 1 aliphatic heterocycles. The highest BCUT2D eigenvalue weighted by Crippen LogP contribution is 2.26. The molecule has 15 heavy (non-hydrogen) atoms. The number of hydrogen-bond acceptors (Lipinski definition) is 4. The number of nitrogens with zero attached hydrogens (tertiary/aromatic N) is 3. The van der Waals surface area contributed by atoms with Crippen molar-refractivity contribution >= 4 is 17.4 Å². The van der Waals surface area contributed by atoms with Gasteiger partial charge in [-0.05, 0) is 17.7 Å². The van der Waals surface area contributed by atoms with E-state index >= 15 is 0 Å². The minimum Gasteiger partial charge on any atom is -0.476 e. The Balaban J connectivity index is 2.57. The van der Waals surface area contributed by atoms with Crippen molar-refractivity contribution in [3.63, 3.8) is 0 Å². The lowest BCUT2D eigenvalue weighted by Crippen LogP contribution is -2.02. The molecule has 1 N–H and O–H groups in total. The van der Waals surface area contributed by atoms with Crippen molar-refractivity contribution < 1.29 is 14.7 Å². The molecule has 0 aromatic carbocycles. The van der Waals surface area contributed by atoms with Crippen LogP contribution in [0.25, 0.3) is 5.57 Å². The number of rotatable bonds is 2. The molecular formula is C9H5N3O3. The summed E-state index contributed by atoms with van der Waals surface area (Å²) >= 11 is 0. The van der Waals surface area contributed by atoms with E-state index in [1.165, 1.54) is 24.5 Å². The van der Waals surface area contributed by atoms with Crippen LogP contribution < -0.4 is 0 Å². The van der Waals surface area contributed by atoms with Gasteiger partial charge in [-0.3, -0.25) is 9.78 Å². The first kappa shape index (κ1) is 9.20. The van der Waals surface area contributed by atoms with E-state index in [2.05, 4.69) is 15.2 Å². The summed E-state index contributed by atoms with van der Waals surface area (Å²) in [6.45, 7) is 0. The van der Waals surface area contributed by atoms with Crippen LogP contribution in [-0.2, 0) is 9.59 Å². The van der Waals surface area contributed by atoms with Crippen molar-refractivity contribution in [3.05, 3.63) is 35.8 Å². The molecule has 0 spiro atoms. The number of carbonyl (C=O) groups is 2. The zero-order chi connectivity index (χ0) is 10.8. The zero-order valence-corrected chi connectivity index (χ0v) is 7.41. The molecule has 1 aromatic heterocycles. The van der Waals surface area contributed by atoms with Gasteiger partial charge in [0.2, 0.25) is 0 Å². The van der Waals surface area contributed by atoms with E-state index in [1.54, 1.807) is 0 Å². The van der Waals surface area contributed by atoms with Crippen LogP contribution >= 0.6 is 0 Å². The highest BCUT2D eigenvalue weighted by molar-refractivity contribution is 6.26. The van der Waals surface area contributed by atoms with Crippen LogP contribution in [0, 0.1) is 0 Å². The number of amides is 1. The highest BCUT2D eigenvalue weighted by Gasteiger charge is 2.27. The van der Waals surface area contributed by atoms with E-state index in [0.717, 1.165) is 0 Å². The Kier molecular flexibility index (Phi) is 2.09. The average molecular weight is 203 g/mol. The monoisotopic (exact) mass is 203 g/mol. The maximum atomic E-state index is 11.3. The van der Waals surface area contributed by atoms with Crippen molar-refractivity contribution in [2.45, 2.75) is 0 Å².